The minimum atomic E-state index is 0.312. The van der Waals surface area contributed by atoms with E-state index in [2.05, 4.69) is 38.2 Å². The van der Waals surface area contributed by atoms with Gasteiger partial charge in [-0.1, -0.05) is 32.4 Å². The van der Waals surface area contributed by atoms with Gasteiger partial charge in [0.2, 0.25) is 0 Å². The third kappa shape index (κ3) is 3.81. The van der Waals surface area contributed by atoms with Gasteiger partial charge in [-0.05, 0) is 49.3 Å². The van der Waals surface area contributed by atoms with Crippen LogP contribution >= 0.6 is 0 Å². The predicted molar refractivity (Wildman–Crippen MR) is 78.7 cm³/mol. The van der Waals surface area contributed by atoms with Crippen LogP contribution in [0.15, 0.2) is 24.3 Å². The fraction of sp³-hybridized carbons (Fsp3) is 0.588. The van der Waals surface area contributed by atoms with Gasteiger partial charge in [0.15, 0.2) is 0 Å². The fourth-order valence-electron chi connectivity index (χ4n) is 3.17. The Labute approximate surface area is 116 Å². The maximum atomic E-state index is 8.96. The third-order valence-corrected chi connectivity index (χ3v) is 4.21. The first-order chi connectivity index (χ1) is 9.00. The number of nitrogens with one attached hydrogen (secondary N) is 1. The van der Waals surface area contributed by atoms with Gasteiger partial charge in [0.1, 0.15) is 0 Å². The summed E-state index contributed by atoms with van der Waals surface area (Å²) in [4.78, 5) is 0. The van der Waals surface area contributed by atoms with Crippen LogP contribution in [0.3, 0.4) is 0 Å². The molecule has 0 aromatic heterocycles. The number of benzene rings is 1. The van der Waals surface area contributed by atoms with Crippen molar-refractivity contribution < 1.29 is 0 Å². The SMILES string of the molecule is CC(NC1CCCC(C)(C)C1)c1cccc(C#N)c1. The van der Waals surface area contributed by atoms with E-state index >= 15 is 0 Å². The Morgan fingerprint density at radius 3 is 2.89 bits per heavy atom. The van der Waals surface area contributed by atoms with Crippen LogP contribution in [-0.2, 0) is 0 Å². The molecule has 1 aromatic rings. The fourth-order valence-corrected chi connectivity index (χ4v) is 3.17. The second-order valence-corrected chi connectivity index (χ2v) is 6.58. The summed E-state index contributed by atoms with van der Waals surface area (Å²) in [7, 11) is 0. The van der Waals surface area contributed by atoms with Gasteiger partial charge >= 0.3 is 0 Å². The molecule has 1 saturated carbocycles. The van der Waals surface area contributed by atoms with Crippen LogP contribution < -0.4 is 5.32 Å². The van der Waals surface area contributed by atoms with Crippen LogP contribution in [0.2, 0.25) is 0 Å². The smallest absolute Gasteiger partial charge is 0.0991 e. The molecule has 1 aromatic carbocycles. The minimum absolute atomic E-state index is 0.312. The minimum Gasteiger partial charge on any atom is -0.307 e. The van der Waals surface area contributed by atoms with Crippen molar-refractivity contribution in [3.63, 3.8) is 0 Å². The van der Waals surface area contributed by atoms with Crippen LogP contribution in [0.25, 0.3) is 0 Å². The van der Waals surface area contributed by atoms with Gasteiger partial charge < -0.3 is 5.32 Å². The highest BCUT2D eigenvalue weighted by Gasteiger charge is 2.28. The summed E-state index contributed by atoms with van der Waals surface area (Å²) in [6.07, 6.45) is 5.17. The lowest BCUT2D eigenvalue weighted by Crippen LogP contribution is -2.38. The van der Waals surface area contributed by atoms with Gasteiger partial charge in [-0.25, -0.2) is 0 Å². The van der Waals surface area contributed by atoms with Gasteiger partial charge in [0, 0.05) is 12.1 Å². The Morgan fingerprint density at radius 1 is 1.42 bits per heavy atom. The zero-order valence-corrected chi connectivity index (χ0v) is 12.2. The summed E-state index contributed by atoms with van der Waals surface area (Å²) in [6.45, 7) is 6.92. The van der Waals surface area contributed by atoms with E-state index in [1.165, 1.54) is 31.2 Å². The summed E-state index contributed by atoms with van der Waals surface area (Å²) >= 11 is 0. The molecule has 2 nitrogen and oxygen atoms in total. The highest BCUT2D eigenvalue weighted by Crippen LogP contribution is 2.35. The van der Waals surface area contributed by atoms with Gasteiger partial charge in [0.05, 0.1) is 11.6 Å². The van der Waals surface area contributed by atoms with Crippen molar-refractivity contribution in [1.29, 1.82) is 5.26 Å². The monoisotopic (exact) mass is 256 g/mol. The van der Waals surface area contributed by atoms with Crippen LogP contribution in [0.1, 0.15) is 63.6 Å². The second-order valence-electron chi connectivity index (χ2n) is 6.58. The van der Waals surface area contributed by atoms with Crippen molar-refractivity contribution in [2.45, 2.75) is 58.5 Å². The van der Waals surface area contributed by atoms with Gasteiger partial charge in [-0.15, -0.1) is 0 Å². The largest absolute Gasteiger partial charge is 0.307 e. The molecule has 1 N–H and O–H groups in total. The molecule has 1 aliphatic carbocycles. The van der Waals surface area contributed by atoms with E-state index in [-0.39, 0.29) is 0 Å². The maximum absolute atomic E-state index is 8.96. The van der Waals surface area contributed by atoms with E-state index in [1.54, 1.807) is 0 Å². The quantitative estimate of drug-likeness (QED) is 0.880. The molecule has 1 fully saturated rings. The van der Waals surface area contributed by atoms with Crippen LogP contribution in [-0.4, -0.2) is 6.04 Å². The highest BCUT2D eigenvalue weighted by molar-refractivity contribution is 5.34. The topological polar surface area (TPSA) is 35.8 Å². The molecule has 0 bridgehead atoms. The lowest BCUT2D eigenvalue weighted by Gasteiger charge is -2.37. The van der Waals surface area contributed by atoms with Crippen molar-refractivity contribution >= 4 is 0 Å². The molecule has 0 heterocycles. The first-order valence-corrected chi connectivity index (χ1v) is 7.26. The summed E-state index contributed by atoms with van der Waals surface area (Å²) in [6, 6.07) is 11.1. The van der Waals surface area contributed by atoms with E-state index in [4.69, 9.17) is 5.26 Å². The maximum Gasteiger partial charge on any atom is 0.0991 e. The molecule has 102 valence electrons. The highest BCUT2D eigenvalue weighted by atomic mass is 14.9. The van der Waals surface area contributed by atoms with Crippen LogP contribution in [0, 0.1) is 16.7 Å². The van der Waals surface area contributed by atoms with Crippen LogP contribution in [0.4, 0.5) is 0 Å². The summed E-state index contributed by atoms with van der Waals surface area (Å²) in [5.74, 6) is 0. The number of rotatable bonds is 3. The molecule has 0 amide bonds. The molecular formula is C17H24N2. The summed E-state index contributed by atoms with van der Waals surface area (Å²) in [5.41, 5.74) is 2.42. The molecular weight excluding hydrogens is 232 g/mol. The number of hydrogen-bond acceptors (Lipinski definition) is 2. The lowest BCUT2D eigenvalue weighted by atomic mass is 9.75. The zero-order valence-electron chi connectivity index (χ0n) is 12.2. The molecule has 0 spiro atoms. The van der Waals surface area contributed by atoms with Crippen LogP contribution in [0.5, 0.6) is 0 Å². The van der Waals surface area contributed by atoms with E-state index in [0.29, 0.717) is 17.5 Å². The Kier molecular flexibility index (Phi) is 4.27. The van der Waals surface area contributed by atoms with E-state index in [0.717, 1.165) is 5.56 Å². The molecule has 0 radical (unpaired) electrons. The Morgan fingerprint density at radius 2 is 2.21 bits per heavy atom. The Balaban J connectivity index is 2.00. The normalized spacial score (nSPS) is 23.6. The molecule has 2 atom stereocenters. The Hall–Kier alpha value is -1.33. The lowest BCUT2D eigenvalue weighted by molar-refractivity contribution is 0.191. The van der Waals surface area contributed by atoms with Crippen molar-refractivity contribution in [2.75, 3.05) is 0 Å². The molecule has 19 heavy (non-hydrogen) atoms. The van der Waals surface area contributed by atoms with Gasteiger partial charge in [0.25, 0.3) is 0 Å². The van der Waals surface area contributed by atoms with E-state index in [1.807, 2.05) is 18.2 Å². The zero-order chi connectivity index (χ0) is 13.9. The van der Waals surface area contributed by atoms with Gasteiger partial charge in [-0.2, -0.15) is 5.26 Å². The molecule has 2 rings (SSSR count). The standard InChI is InChI=1S/C17H24N2/c1-13(15-7-4-6-14(10-15)12-18)19-16-8-5-9-17(2,3)11-16/h4,6-7,10,13,16,19H,5,8-9,11H2,1-3H3. The predicted octanol–water partition coefficient (Wildman–Crippen LogP) is 4.18. The Bertz CT molecular complexity index is 470. The molecule has 2 unspecified atom stereocenters. The number of hydrogen-bond donors (Lipinski definition) is 1. The van der Waals surface area contributed by atoms with E-state index < -0.39 is 0 Å². The van der Waals surface area contributed by atoms with Gasteiger partial charge in [-0.3, -0.25) is 0 Å². The van der Waals surface area contributed by atoms with Crippen molar-refractivity contribution in [2.24, 2.45) is 5.41 Å². The summed E-state index contributed by atoms with van der Waals surface area (Å²) in [5, 5.41) is 12.7. The molecule has 0 aliphatic heterocycles. The average molecular weight is 256 g/mol. The first kappa shape index (κ1) is 14.1. The molecule has 0 saturated heterocycles. The van der Waals surface area contributed by atoms with Crippen molar-refractivity contribution in [1.82, 2.24) is 5.32 Å². The average Bonchev–Trinajstić information content (AvgIpc) is 2.37. The molecule has 2 heteroatoms. The molecule has 1 aliphatic rings. The second kappa shape index (κ2) is 5.75. The first-order valence-electron chi connectivity index (χ1n) is 7.26. The van der Waals surface area contributed by atoms with E-state index in [9.17, 15) is 0 Å². The summed E-state index contributed by atoms with van der Waals surface area (Å²) < 4.78 is 0. The third-order valence-electron chi connectivity index (χ3n) is 4.21. The van der Waals surface area contributed by atoms with Crippen molar-refractivity contribution in [3.8, 4) is 6.07 Å². The number of nitrogens with zero attached hydrogens (tertiary/aromatic N) is 1. The van der Waals surface area contributed by atoms with Crippen molar-refractivity contribution in [3.05, 3.63) is 35.4 Å². The number of nitriles is 1.